The molecule has 0 spiro atoms. The van der Waals surface area contributed by atoms with Gasteiger partial charge >= 0.3 is 0 Å². The Morgan fingerprint density at radius 3 is 2.63 bits per heavy atom. The van der Waals surface area contributed by atoms with Crippen molar-refractivity contribution in [3.8, 4) is 11.4 Å². The fourth-order valence-corrected chi connectivity index (χ4v) is 2.30. The highest BCUT2D eigenvalue weighted by Gasteiger charge is 2.09. The summed E-state index contributed by atoms with van der Waals surface area (Å²) in [6, 6.07) is 11.3. The van der Waals surface area contributed by atoms with E-state index in [1.807, 2.05) is 48.1 Å². The normalized spacial score (nSPS) is 11.1. The van der Waals surface area contributed by atoms with Crippen LogP contribution >= 0.6 is 0 Å². The van der Waals surface area contributed by atoms with Crippen LogP contribution in [0.15, 0.2) is 42.6 Å². The summed E-state index contributed by atoms with van der Waals surface area (Å²) in [6.45, 7) is 2.42. The van der Waals surface area contributed by atoms with Crippen LogP contribution in [-0.2, 0) is 6.54 Å². The summed E-state index contributed by atoms with van der Waals surface area (Å²) in [7, 11) is 0. The summed E-state index contributed by atoms with van der Waals surface area (Å²) in [5.74, 6) is 0.280. The van der Waals surface area contributed by atoms with E-state index < -0.39 is 0 Å². The quantitative estimate of drug-likeness (QED) is 0.737. The van der Waals surface area contributed by atoms with Crippen molar-refractivity contribution in [3.05, 3.63) is 53.9 Å². The molecule has 0 fully saturated rings. The van der Waals surface area contributed by atoms with E-state index in [0.29, 0.717) is 6.54 Å². The standard InChI is InChI=1S/C15H15N3O/c1-10-11(8-16)9-18(17-10)14-6-2-5-13-12(14)4-3-7-15(13)19/h2-7,9,19H,8,16H2,1H3. The van der Waals surface area contributed by atoms with Crippen LogP contribution in [0.5, 0.6) is 5.75 Å². The van der Waals surface area contributed by atoms with Gasteiger partial charge in [-0.1, -0.05) is 24.3 Å². The highest BCUT2D eigenvalue weighted by atomic mass is 16.3. The number of aryl methyl sites for hydroxylation is 1. The molecule has 1 heterocycles. The van der Waals surface area contributed by atoms with E-state index in [9.17, 15) is 5.11 Å². The topological polar surface area (TPSA) is 64.1 Å². The molecule has 3 aromatic rings. The number of rotatable bonds is 2. The van der Waals surface area contributed by atoms with Gasteiger partial charge in [-0.05, 0) is 19.1 Å². The molecule has 1 aromatic heterocycles. The molecule has 96 valence electrons. The van der Waals surface area contributed by atoms with Crippen molar-refractivity contribution < 1.29 is 5.11 Å². The van der Waals surface area contributed by atoms with Gasteiger partial charge in [-0.15, -0.1) is 0 Å². The van der Waals surface area contributed by atoms with Crippen molar-refractivity contribution in [2.24, 2.45) is 5.73 Å². The maximum absolute atomic E-state index is 9.90. The first-order valence-electron chi connectivity index (χ1n) is 6.17. The van der Waals surface area contributed by atoms with Crippen LogP contribution in [0.4, 0.5) is 0 Å². The van der Waals surface area contributed by atoms with E-state index >= 15 is 0 Å². The van der Waals surface area contributed by atoms with Gasteiger partial charge in [0.1, 0.15) is 5.75 Å². The lowest BCUT2D eigenvalue weighted by molar-refractivity contribution is 0.481. The second-order valence-corrected chi connectivity index (χ2v) is 4.54. The molecule has 0 radical (unpaired) electrons. The second-order valence-electron chi connectivity index (χ2n) is 4.54. The third-order valence-corrected chi connectivity index (χ3v) is 3.34. The Hall–Kier alpha value is -2.33. The first kappa shape index (κ1) is 11.7. The average Bonchev–Trinajstić information content (AvgIpc) is 2.80. The molecule has 4 heteroatoms. The molecular weight excluding hydrogens is 238 g/mol. The first-order valence-corrected chi connectivity index (χ1v) is 6.17. The molecule has 3 N–H and O–H groups in total. The monoisotopic (exact) mass is 253 g/mol. The fraction of sp³-hybridized carbons (Fsp3) is 0.133. The Morgan fingerprint density at radius 2 is 1.89 bits per heavy atom. The lowest BCUT2D eigenvalue weighted by Crippen LogP contribution is -1.96. The molecule has 0 aliphatic carbocycles. The molecule has 3 rings (SSSR count). The second kappa shape index (κ2) is 4.40. The van der Waals surface area contributed by atoms with Crippen molar-refractivity contribution in [1.29, 1.82) is 0 Å². The Morgan fingerprint density at radius 1 is 1.16 bits per heavy atom. The molecule has 0 unspecified atom stereocenters. The minimum absolute atomic E-state index is 0.280. The van der Waals surface area contributed by atoms with Crippen LogP contribution in [0.2, 0.25) is 0 Å². The van der Waals surface area contributed by atoms with Crippen LogP contribution in [-0.4, -0.2) is 14.9 Å². The van der Waals surface area contributed by atoms with Gasteiger partial charge in [0.25, 0.3) is 0 Å². The van der Waals surface area contributed by atoms with E-state index in [1.165, 1.54) is 0 Å². The first-order chi connectivity index (χ1) is 9.20. The van der Waals surface area contributed by atoms with Crippen LogP contribution in [0, 0.1) is 6.92 Å². The summed E-state index contributed by atoms with van der Waals surface area (Å²) in [4.78, 5) is 0. The van der Waals surface area contributed by atoms with E-state index in [0.717, 1.165) is 27.7 Å². The van der Waals surface area contributed by atoms with Gasteiger partial charge in [0, 0.05) is 29.1 Å². The van der Waals surface area contributed by atoms with Crippen LogP contribution in [0.1, 0.15) is 11.3 Å². The van der Waals surface area contributed by atoms with E-state index in [-0.39, 0.29) is 5.75 Å². The summed E-state index contributed by atoms with van der Waals surface area (Å²) < 4.78 is 1.82. The number of aromatic nitrogens is 2. The van der Waals surface area contributed by atoms with Crippen molar-refractivity contribution >= 4 is 10.8 Å². The zero-order chi connectivity index (χ0) is 13.4. The number of nitrogens with two attached hydrogens (primary N) is 1. The van der Waals surface area contributed by atoms with E-state index in [1.54, 1.807) is 6.07 Å². The zero-order valence-corrected chi connectivity index (χ0v) is 10.7. The Bertz CT molecular complexity index is 746. The highest BCUT2D eigenvalue weighted by molar-refractivity contribution is 5.94. The third-order valence-electron chi connectivity index (χ3n) is 3.34. The number of fused-ring (bicyclic) bond motifs is 1. The number of nitrogens with zero attached hydrogens (tertiary/aromatic N) is 2. The Kier molecular flexibility index (Phi) is 2.72. The summed E-state index contributed by atoms with van der Waals surface area (Å²) in [5, 5.41) is 16.2. The van der Waals surface area contributed by atoms with E-state index in [4.69, 9.17) is 5.73 Å². The van der Waals surface area contributed by atoms with Crippen molar-refractivity contribution in [3.63, 3.8) is 0 Å². The number of hydrogen-bond acceptors (Lipinski definition) is 3. The van der Waals surface area contributed by atoms with Gasteiger partial charge < -0.3 is 10.8 Å². The average molecular weight is 253 g/mol. The molecule has 0 atom stereocenters. The predicted octanol–water partition coefficient (Wildman–Crippen LogP) is 2.50. The number of aromatic hydroxyl groups is 1. The molecule has 19 heavy (non-hydrogen) atoms. The molecule has 2 aromatic carbocycles. The zero-order valence-electron chi connectivity index (χ0n) is 10.7. The molecule has 0 aliphatic rings. The van der Waals surface area contributed by atoms with Gasteiger partial charge in [0.2, 0.25) is 0 Å². The van der Waals surface area contributed by atoms with Gasteiger partial charge in [0.05, 0.1) is 11.4 Å². The van der Waals surface area contributed by atoms with Crippen molar-refractivity contribution in [1.82, 2.24) is 9.78 Å². The molecule has 0 bridgehead atoms. The molecule has 0 saturated heterocycles. The smallest absolute Gasteiger partial charge is 0.123 e. The predicted molar refractivity (Wildman–Crippen MR) is 75.4 cm³/mol. The maximum atomic E-state index is 9.90. The van der Waals surface area contributed by atoms with Gasteiger partial charge in [-0.3, -0.25) is 0 Å². The molecule has 0 aliphatic heterocycles. The van der Waals surface area contributed by atoms with Gasteiger partial charge in [-0.25, -0.2) is 4.68 Å². The minimum atomic E-state index is 0.280. The Labute approximate surface area is 111 Å². The Balaban J connectivity index is 2.27. The fourth-order valence-electron chi connectivity index (χ4n) is 2.30. The van der Waals surface area contributed by atoms with Crippen LogP contribution in [0.3, 0.4) is 0 Å². The number of hydrogen-bond donors (Lipinski definition) is 2. The summed E-state index contributed by atoms with van der Waals surface area (Å²) >= 11 is 0. The highest BCUT2D eigenvalue weighted by Crippen LogP contribution is 2.28. The largest absolute Gasteiger partial charge is 0.507 e. The molecule has 4 nitrogen and oxygen atoms in total. The van der Waals surface area contributed by atoms with Crippen LogP contribution in [0.25, 0.3) is 16.5 Å². The minimum Gasteiger partial charge on any atom is -0.507 e. The number of phenols is 1. The van der Waals surface area contributed by atoms with E-state index in [2.05, 4.69) is 5.10 Å². The lowest BCUT2D eigenvalue weighted by atomic mass is 10.1. The third kappa shape index (κ3) is 1.86. The van der Waals surface area contributed by atoms with Gasteiger partial charge in [-0.2, -0.15) is 5.10 Å². The number of benzene rings is 2. The van der Waals surface area contributed by atoms with Crippen molar-refractivity contribution in [2.75, 3.05) is 0 Å². The van der Waals surface area contributed by atoms with Gasteiger partial charge in [0.15, 0.2) is 0 Å². The number of phenolic OH excluding ortho intramolecular Hbond substituents is 1. The molecule has 0 saturated carbocycles. The molecule has 0 amide bonds. The lowest BCUT2D eigenvalue weighted by Gasteiger charge is -2.07. The van der Waals surface area contributed by atoms with Crippen molar-refractivity contribution in [2.45, 2.75) is 13.5 Å². The molecular formula is C15H15N3O. The maximum Gasteiger partial charge on any atom is 0.123 e. The summed E-state index contributed by atoms with van der Waals surface area (Å²) in [6.07, 6.45) is 1.94. The van der Waals surface area contributed by atoms with Crippen LogP contribution < -0.4 is 5.73 Å². The SMILES string of the molecule is Cc1nn(-c2cccc3c(O)cccc23)cc1CN. The summed E-state index contributed by atoms with van der Waals surface area (Å²) in [5.41, 5.74) is 8.58.